The lowest BCUT2D eigenvalue weighted by atomic mass is 10.2. The van der Waals surface area contributed by atoms with Crippen LogP contribution in [0.4, 0.5) is 5.69 Å². The quantitative estimate of drug-likeness (QED) is 0.616. The number of anilines is 1. The third-order valence-corrected chi connectivity index (χ3v) is 4.77. The van der Waals surface area contributed by atoms with Crippen molar-refractivity contribution in [3.63, 3.8) is 0 Å². The van der Waals surface area contributed by atoms with Gasteiger partial charge in [0.15, 0.2) is 6.10 Å². The number of carbonyl (C=O) groups is 2. The van der Waals surface area contributed by atoms with E-state index in [2.05, 4.69) is 29.4 Å². The molecule has 0 aliphatic heterocycles. The van der Waals surface area contributed by atoms with Crippen molar-refractivity contribution in [1.82, 2.24) is 10.2 Å². The second-order valence-electron chi connectivity index (χ2n) is 6.56. The van der Waals surface area contributed by atoms with E-state index in [9.17, 15) is 9.59 Å². The van der Waals surface area contributed by atoms with Gasteiger partial charge >= 0.3 is 0 Å². The smallest absolute Gasteiger partial charge is 0.265 e. The molecule has 2 rings (SSSR count). The first-order valence-electron chi connectivity index (χ1n) is 9.76. The highest BCUT2D eigenvalue weighted by Crippen LogP contribution is 2.17. The van der Waals surface area contributed by atoms with Crippen LogP contribution in [0.15, 0.2) is 48.5 Å². The third kappa shape index (κ3) is 7.40. The number of likely N-dealkylation sites (N-methyl/N-ethyl adjacent to an activating group) is 1. The van der Waals surface area contributed by atoms with Crippen molar-refractivity contribution in [3.8, 4) is 5.75 Å². The van der Waals surface area contributed by atoms with Gasteiger partial charge in [-0.25, -0.2) is 0 Å². The average Bonchev–Trinajstić information content (AvgIpc) is 2.73. The van der Waals surface area contributed by atoms with Crippen molar-refractivity contribution in [2.75, 3.05) is 31.5 Å². The van der Waals surface area contributed by atoms with Crippen LogP contribution in [0.25, 0.3) is 0 Å². The summed E-state index contributed by atoms with van der Waals surface area (Å²) in [6, 6.07) is 13.6. The summed E-state index contributed by atoms with van der Waals surface area (Å²) >= 11 is 5.84. The molecule has 1 unspecified atom stereocenters. The van der Waals surface area contributed by atoms with Gasteiger partial charge in [-0.2, -0.15) is 0 Å². The summed E-state index contributed by atoms with van der Waals surface area (Å²) in [4.78, 5) is 26.8. The fraction of sp³-hybridized carbons (Fsp3) is 0.364. The molecule has 156 valence electrons. The Bertz CT molecular complexity index is 790. The minimum atomic E-state index is -0.681. The Kier molecular flexibility index (Phi) is 8.96. The molecule has 2 amide bonds. The highest BCUT2D eigenvalue weighted by atomic mass is 35.5. The van der Waals surface area contributed by atoms with Crippen LogP contribution in [0.2, 0.25) is 5.02 Å². The SMILES string of the molecule is CCN(CC)CCNC(=O)c1ccc(NC(=O)C(C)Oc2ccc(Cl)cc2)cc1. The van der Waals surface area contributed by atoms with Crippen molar-refractivity contribution in [3.05, 3.63) is 59.1 Å². The van der Waals surface area contributed by atoms with E-state index in [1.54, 1.807) is 55.5 Å². The minimum Gasteiger partial charge on any atom is -0.481 e. The predicted octanol–water partition coefficient (Wildman–Crippen LogP) is 3.82. The molecule has 0 fully saturated rings. The number of halogens is 1. The maximum atomic E-state index is 12.3. The monoisotopic (exact) mass is 417 g/mol. The zero-order chi connectivity index (χ0) is 21.2. The van der Waals surface area contributed by atoms with Gasteiger partial charge in [-0.15, -0.1) is 0 Å². The van der Waals surface area contributed by atoms with Crippen LogP contribution in [0.1, 0.15) is 31.1 Å². The van der Waals surface area contributed by atoms with Gasteiger partial charge < -0.3 is 20.3 Å². The minimum absolute atomic E-state index is 0.130. The van der Waals surface area contributed by atoms with Gasteiger partial charge in [0.1, 0.15) is 5.75 Å². The third-order valence-electron chi connectivity index (χ3n) is 4.52. The van der Waals surface area contributed by atoms with Crippen LogP contribution in [0.5, 0.6) is 5.75 Å². The largest absolute Gasteiger partial charge is 0.481 e. The van der Waals surface area contributed by atoms with Crippen molar-refractivity contribution in [2.45, 2.75) is 26.9 Å². The molecule has 0 radical (unpaired) electrons. The molecular weight excluding hydrogens is 390 g/mol. The van der Waals surface area contributed by atoms with Crippen molar-refractivity contribution < 1.29 is 14.3 Å². The molecule has 0 saturated heterocycles. The fourth-order valence-corrected chi connectivity index (χ4v) is 2.82. The number of amides is 2. The van der Waals surface area contributed by atoms with E-state index in [0.717, 1.165) is 19.6 Å². The maximum Gasteiger partial charge on any atom is 0.265 e. The standard InChI is InChI=1S/C22H28ClN3O3/c1-4-26(5-2)15-14-24-22(28)17-6-10-19(11-7-17)25-21(27)16(3)29-20-12-8-18(23)9-13-20/h6-13,16H,4-5,14-15H2,1-3H3,(H,24,28)(H,25,27). The molecule has 2 N–H and O–H groups in total. The molecule has 0 aromatic heterocycles. The predicted molar refractivity (Wildman–Crippen MR) is 117 cm³/mol. The van der Waals surface area contributed by atoms with Crippen molar-refractivity contribution >= 4 is 29.1 Å². The number of nitrogens with one attached hydrogen (secondary N) is 2. The molecular formula is C22H28ClN3O3. The first kappa shape index (κ1) is 22.7. The van der Waals surface area contributed by atoms with E-state index in [0.29, 0.717) is 28.6 Å². The number of rotatable bonds is 10. The van der Waals surface area contributed by atoms with Crippen LogP contribution in [0, 0.1) is 0 Å². The Hall–Kier alpha value is -2.57. The molecule has 0 heterocycles. The van der Waals surface area contributed by atoms with E-state index in [1.165, 1.54) is 0 Å². The van der Waals surface area contributed by atoms with E-state index in [1.807, 2.05) is 0 Å². The normalized spacial score (nSPS) is 11.8. The second kappa shape index (κ2) is 11.4. The second-order valence-corrected chi connectivity index (χ2v) is 7.00. The summed E-state index contributed by atoms with van der Waals surface area (Å²) < 4.78 is 5.61. The maximum absolute atomic E-state index is 12.3. The zero-order valence-corrected chi connectivity index (χ0v) is 17.8. The molecule has 0 spiro atoms. The molecule has 0 aliphatic carbocycles. The Balaban J connectivity index is 1.83. The van der Waals surface area contributed by atoms with Gasteiger partial charge in [-0.1, -0.05) is 25.4 Å². The molecule has 29 heavy (non-hydrogen) atoms. The summed E-state index contributed by atoms with van der Waals surface area (Å²) in [5.41, 5.74) is 1.15. The number of ether oxygens (including phenoxy) is 1. The van der Waals surface area contributed by atoms with Crippen molar-refractivity contribution in [1.29, 1.82) is 0 Å². The number of hydrogen-bond donors (Lipinski definition) is 2. The number of carbonyl (C=O) groups excluding carboxylic acids is 2. The van der Waals surface area contributed by atoms with Gasteiger partial charge in [0.25, 0.3) is 11.8 Å². The Morgan fingerprint density at radius 2 is 1.66 bits per heavy atom. The van der Waals surface area contributed by atoms with Crippen LogP contribution >= 0.6 is 11.6 Å². The molecule has 2 aromatic rings. The summed E-state index contributed by atoms with van der Waals surface area (Å²) in [6.07, 6.45) is -0.681. The molecule has 0 bridgehead atoms. The van der Waals surface area contributed by atoms with Crippen LogP contribution in [-0.4, -0.2) is 49.0 Å². The lowest BCUT2D eigenvalue weighted by Gasteiger charge is -2.18. The number of nitrogens with zero attached hydrogens (tertiary/aromatic N) is 1. The molecule has 0 aliphatic rings. The van der Waals surface area contributed by atoms with Crippen LogP contribution in [-0.2, 0) is 4.79 Å². The fourth-order valence-electron chi connectivity index (χ4n) is 2.69. The Labute approximate surface area is 177 Å². The summed E-state index contributed by atoms with van der Waals surface area (Å²) in [6.45, 7) is 9.19. The van der Waals surface area contributed by atoms with Gasteiger partial charge in [-0.3, -0.25) is 9.59 Å². The average molecular weight is 418 g/mol. The molecule has 7 heteroatoms. The molecule has 6 nitrogen and oxygen atoms in total. The zero-order valence-electron chi connectivity index (χ0n) is 17.1. The molecule has 1 atom stereocenters. The van der Waals surface area contributed by atoms with Gasteiger partial charge in [0.05, 0.1) is 0 Å². The van der Waals surface area contributed by atoms with Gasteiger partial charge in [0, 0.05) is 29.4 Å². The van der Waals surface area contributed by atoms with Crippen LogP contribution in [0.3, 0.4) is 0 Å². The summed E-state index contributed by atoms with van der Waals surface area (Å²) in [7, 11) is 0. The first-order chi connectivity index (χ1) is 13.9. The van der Waals surface area contributed by atoms with Crippen LogP contribution < -0.4 is 15.4 Å². The van der Waals surface area contributed by atoms with E-state index in [4.69, 9.17) is 16.3 Å². The van der Waals surface area contributed by atoms with E-state index < -0.39 is 6.10 Å². The topological polar surface area (TPSA) is 70.7 Å². The number of benzene rings is 2. The highest BCUT2D eigenvalue weighted by Gasteiger charge is 2.15. The summed E-state index contributed by atoms with van der Waals surface area (Å²) in [5, 5.41) is 6.30. The molecule has 0 saturated carbocycles. The number of hydrogen-bond acceptors (Lipinski definition) is 4. The Morgan fingerprint density at radius 1 is 1.03 bits per heavy atom. The summed E-state index contributed by atoms with van der Waals surface area (Å²) in [5.74, 6) is 0.152. The van der Waals surface area contributed by atoms with Crippen molar-refractivity contribution in [2.24, 2.45) is 0 Å². The molecule has 2 aromatic carbocycles. The lowest BCUT2D eigenvalue weighted by Crippen LogP contribution is -2.34. The van der Waals surface area contributed by atoms with E-state index in [-0.39, 0.29) is 11.8 Å². The Morgan fingerprint density at radius 3 is 2.24 bits per heavy atom. The van der Waals surface area contributed by atoms with E-state index >= 15 is 0 Å². The first-order valence-corrected chi connectivity index (χ1v) is 10.1. The van der Waals surface area contributed by atoms with Gasteiger partial charge in [-0.05, 0) is 68.5 Å². The lowest BCUT2D eigenvalue weighted by molar-refractivity contribution is -0.122. The highest BCUT2D eigenvalue weighted by molar-refractivity contribution is 6.30. The van der Waals surface area contributed by atoms with Gasteiger partial charge in [0.2, 0.25) is 0 Å².